The number of para-hydroxylation sites is 1. The number of hydrogen-bond acceptors (Lipinski definition) is 3. The molecule has 3 nitrogen and oxygen atoms in total. The monoisotopic (exact) mass is 293 g/mol. The highest BCUT2D eigenvalue weighted by molar-refractivity contribution is 6.05. The van der Waals surface area contributed by atoms with Crippen LogP contribution < -0.4 is 0 Å². The molecule has 0 amide bonds. The van der Waals surface area contributed by atoms with Gasteiger partial charge in [-0.15, -0.1) is 0 Å². The Kier molecular flexibility index (Phi) is 3.96. The Morgan fingerprint density at radius 2 is 1.64 bits per heavy atom. The molecule has 0 N–H and O–H groups in total. The van der Waals surface area contributed by atoms with Crippen molar-refractivity contribution < 1.29 is 8.83 Å². The summed E-state index contributed by atoms with van der Waals surface area (Å²) < 4.78 is 11.1. The van der Waals surface area contributed by atoms with Crippen LogP contribution in [-0.2, 0) is 0 Å². The first-order valence-electron chi connectivity index (χ1n) is 7.46. The minimum absolute atomic E-state index is 0.609. The van der Waals surface area contributed by atoms with E-state index in [1.54, 1.807) is 12.5 Å². The molecule has 0 saturated carbocycles. The van der Waals surface area contributed by atoms with Crippen LogP contribution in [0.1, 0.15) is 20.8 Å². The largest absolute Gasteiger partial charge is 0.456 e. The second-order valence-corrected chi connectivity index (χ2v) is 5.88. The minimum atomic E-state index is 0.609. The van der Waals surface area contributed by atoms with Gasteiger partial charge in [0.05, 0.1) is 6.20 Å². The molecule has 2 aromatic carbocycles. The average molecular weight is 293 g/mol. The third kappa shape index (κ3) is 2.89. The molecule has 0 saturated heterocycles. The molecule has 0 aliphatic rings. The third-order valence-corrected chi connectivity index (χ3v) is 3.06. The van der Waals surface area contributed by atoms with Crippen molar-refractivity contribution >= 4 is 21.9 Å². The van der Waals surface area contributed by atoms with E-state index in [0.29, 0.717) is 5.89 Å². The van der Waals surface area contributed by atoms with Gasteiger partial charge in [-0.1, -0.05) is 39.0 Å². The first-order valence-corrected chi connectivity index (χ1v) is 7.46. The zero-order valence-electron chi connectivity index (χ0n) is 13.0. The quantitative estimate of drug-likeness (QED) is 0.438. The van der Waals surface area contributed by atoms with Gasteiger partial charge < -0.3 is 8.83 Å². The fourth-order valence-corrected chi connectivity index (χ4v) is 2.22. The van der Waals surface area contributed by atoms with E-state index in [0.717, 1.165) is 33.4 Å². The van der Waals surface area contributed by atoms with Crippen molar-refractivity contribution in [2.75, 3.05) is 0 Å². The molecule has 2 aromatic heterocycles. The van der Waals surface area contributed by atoms with Crippen LogP contribution in [0.2, 0.25) is 0 Å². The van der Waals surface area contributed by atoms with Gasteiger partial charge in [0.2, 0.25) is 5.89 Å². The number of hydrogen-bond donors (Lipinski definition) is 0. The molecule has 4 rings (SSSR count). The van der Waals surface area contributed by atoms with E-state index in [-0.39, 0.29) is 0 Å². The number of fused-ring (bicyclic) bond motifs is 3. The van der Waals surface area contributed by atoms with E-state index in [1.165, 1.54) is 0 Å². The van der Waals surface area contributed by atoms with Gasteiger partial charge in [-0.25, -0.2) is 4.98 Å². The van der Waals surface area contributed by atoms with Crippen molar-refractivity contribution in [2.45, 2.75) is 20.8 Å². The van der Waals surface area contributed by atoms with Gasteiger partial charge in [-0.3, -0.25) is 0 Å². The second kappa shape index (κ2) is 6.06. The molecule has 22 heavy (non-hydrogen) atoms. The van der Waals surface area contributed by atoms with Crippen molar-refractivity contribution in [1.29, 1.82) is 0 Å². The van der Waals surface area contributed by atoms with Crippen LogP contribution in [-0.4, -0.2) is 4.98 Å². The topological polar surface area (TPSA) is 39.2 Å². The highest BCUT2D eigenvalue weighted by Crippen LogP contribution is 2.31. The maximum Gasteiger partial charge on any atom is 0.225 e. The molecule has 0 bridgehead atoms. The van der Waals surface area contributed by atoms with Crippen LogP contribution in [0.4, 0.5) is 0 Å². The molecule has 0 spiro atoms. The summed E-state index contributed by atoms with van der Waals surface area (Å²) in [5, 5.41) is 2.24. The molecule has 0 radical (unpaired) electrons. The number of benzene rings is 2. The predicted molar refractivity (Wildman–Crippen MR) is 89.7 cm³/mol. The number of rotatable bonds is 1. The fourth-order valence-electron chi connectivity index (χ4n) is 2.22. The third-order valence-electron chi connectivity index (χ3n) is 3.06. The summed E-state index contributed by atoms with van der Waals surface area (Å²) in [4.78, 5) is 4.14. The molecule has 0 fully saturated rings. The minimum Gasteiger partial charge on any atom is -0.456 e. The maximum atomic E-state index is 5.82. The molecule has 3 heteroatoms. The van der Waals surface area contributed by atoms with Crippen LogP contribution in [0.5, 0.6) is 0 Å². The standard InChI is InChI=1S/C15H9NO2.C4H10/c1-2-4-13-11(3-1)12-6-5-10(9-14(12)18-13)15-16-7-8-17-15;1-4(2)3/h1-9H;4H,1-3H3. The first kappa shape index (κ1) is 14.4. The van der Waals surface area contributed by atoms with Gasteiger partial charge in [-0.2, -0.15) is 0 Å². The Balaban J connectivity index is 0.000000325. The van der Waals surface area contributed by atoms with E-state index in [4.69, 9.17) is 8.83 Å². The summed E-state index contributed by atoms with van der Waals surface area (Å²) in [6.45, 7) is 6.50. The molecule has 112 valence electrons. The van der Waals surface area contributed by atoms with Crippen molar-refractivity contribution in [3.8, 4) is 11.5 Å². The van der Waals surface area contributed by atoms with Crippen LogP contribution in [0, 0.1) is 5.92 Å². The van der Waals surface area contributed by atoms with Gasteiger partial charge >= 0.3 is 0 Å². The van der Waals surface area contributed by atoms with Crippen molar-refractivity contribution in [1.82, 2.24) is 4.98 Å². The SMILES string of the molecule is CC(C)C.c1ccc2c(c1)oc1cc(-c3ncco3)ccc12. The summed E-state index contributed by atoms with van der Waals surface area (Å²) in [6, 6.07) is 14.0. The molecule has 0 unspecified atom stereocenters. The normalized spacial score (nSPS) is 10.9. The fraction of sp³-hybridized carbons (Fsp3) is 0.211. The van der Waals surface area contributed by atoms with E-state index >= 15 is 0 Å². The Hall–Kier alpha value is -2.55. The summed E-state index contributed by atoms with van der Waals surface area (Å²) in [5.41, 5.74) is 2.68. The van der Waals surface area contributed by atoms with Crippen LogP contribution in [0.25, 0.3) is 33.4 Å². The van der Waals surface area contributed by atoms with E-state index < -0.39 is 0 Å². The summed E-state index contributed by atoms with van der Waals surface area (Å²) in [6.07, 6.45) is 3.20. The molecule has 0 aliphatic carbocycles. The van der Waals surface area contributed by atoms with E-state index in [9.17, 15) is 0 Å². The van der Waals surface area contributed by atoms with E-state index in [2.05, 4.69) is 31.8 Å². The lowest BCUT2D eigenvalue weighted by atomic mass is 10.1. The predicted octanol–water partition coefficient (Wildman–Crippen LogP) is 5.90. The summed E-state index contributed by atoms with van der Waals surface area (Å²) >= 11 is 0. The lowest BCUT2D eigenvalue weighted by molar-refractivity contribution is 0.574. The molecular weight excluding hydrogens is 274 g/mol. The van der Waals surface area contributed by atoms with Gasteiger partial charge in [0, 0.05) is 16.3 Å². The van der Waals surface area contributed by atoms with Gasteiger partial charge in [0.25, 0.3) is 0 Å². The van der Waals surface area contributed by atoms with Gasteiger partial charge in [0.1, 0.15) is 17.4 Å². The number of nitrogens with zero attached hydrogens (tertiary/aromatic N) is 1. The first-order chi connectivity index (χ1) is 10.6. The number of aromatic nitrogens is 1. The van der Waals surface area contributed by atoms with Gasteiger partial charge in [-0.05, 0) is 30.2 Å². The lowest BCUT2D eigenvalue weighted by Crippen LogP contribution is -1.75. The highest BCUT2D eigenvalue weighted by atomic mass is 16.3. The maximum absolute atomic E-state index is 5.82. The molecular formula is C19H19NO2. The van der Waals surface area contributed by atoms with Gasteiger partial charge in [0.15, 0.2) is 0 Å². The van der Waals surface area contributed by atoms with Crippen LogP contribution >= 0.6 is 0 Å². The summed E-state index contributed by atoms with van der Waals surface area (Å²) in [5.74, 6) is 1.44. The van der Waals surface area contributed by atoms with Crippen LogP contribution in [0.15, 0.2) is 63.8 Å². The zero-order valence-corrected chi connectivity index (χ0v) is 13.0. The van der Waals surface area contributed by atoms with Crippen LogP contribution in [0.3, 0.4) is 0 Å². The lowest BCUT2D eigenvalue weighted by Gasteiger charge is -1.94. The molecule has 2 heterocycles. The van der Waals surface area contributed by atoms with Crippen molar-refractivity contribution in [3.63, 3.8) is 0 Å². The molecule has 0 atom stereocenters. The number of furan rings is 1. The summed E-state index contributed by atoms with van der Waals surface area (Å²) in [7, 11) is 0. The smallest absolute Gasteiger partial charge is 0.225 e. The Morgan fingerprint density at radius 1 is 0.909 bits per heavy atom. The second-order valence-electron chi connectivity index (χ2n) is 5.88. The Morgan fingerprint density at radius 3 is 2.36 bits per heavy atom. The Labute approximate surface area is 129 Å². The zero-order chi connectivity index (χ0) is 15.5. The number of oxazole rings is 1. The highest BCUT2D eigenvalue weighted by Gasteiger charge is 2.09. The van der Waals surface area contributed by atoms with Crippen molar-refractivity contribution in [2.24, 2.45) is 5.92 Å². The van der Waals surface area contributed by atoms with E-state index in [1.807, 2.05) is 36.4 Å². The molecule has 4 aromatic rings. The Bertz CT molecular complexity index is 870. The van der Waals surface area contributed by atoms with Crippen molar-refractivity contribution in [3.05, 3.63) is 54.9 Å². The molecule has 0 aliphatic heterocycles. The average Bonchev–Trinajstić information content (AvgIpc) is 3.13.